The van der Waals surface area contributed by atoms with Gasteiger partial charge in [0, 0.05) is 18.7 Å². The molecule has 0 aliphatic heterocycles. The molecular formula is C12H12F2N2O. The Morgan fingerprint density at radius 1 is 1.24 bits per heavy atom. The molecule has 90 valence electrons. The van der Waals surface area contributed by atoms with Gasteiger partial charge in [-0.15, -0.1) is 0 Å². The van der Waals surface area contributed by atoms with Crippen molar-refractivity contribution in [3.05, 3.63) is 47.9 Å². The van der Waals surface area contributed by atoms with Crippen molar-refractivity contribution < 1.29 is 13.2 Å². The molecule has 2 rings (SSSR count). The van der Waals surface area contributed by atoms with Crippen LogP contribution >= 0.6 is 0 Å². The molecule has 0 radical (unpaired) electrons. The maximum absolute atomic E-state index is 13.4. The molecule has 0 aliphatic carbocycles. The fourth-order valence-electron chi connectivity index (χ4n) is 1.53. The highest BCUT2D eigenvalue weighted by atomic mass is 19.1. The van der Waals surface area contributed by atoms with E-state index in [9.17, 15) is 8.78 Å². The SMILES string of the molecule is Nc1cc(F)c(NCCc2ccco2)c(F)c1. The molecule has 5 heteroatoms. The van der Waals surface area contributed by atoms with Crippen molar-refractivity contribution in [2.75, 3.05) is 17.6 Å². The van der Waals surface area contributed by atoms with Gasteiger partial charge in [0.25, 0.3) is 0 Å². The maximum Gasteiger partial charge on any atom is 0.151 e. The molecule has 3 nitrogen and oxygen atoms in total. The molecule has 0 saturated carbocycles. The molecule has 0 saturated heterocycles. The summed E-state index contributed by atoms with van der Waals surface area (Å²) in [6.07, 6.45) is 2.11. The fraction of sp³-hybridized carbons (Fsp3) is 0.167. The van der Waals surface area contributed by atoms with Crippen molar-refractivity contribution in [2.24, 2.45) is 0 Å². The Morgan fingerprint density at radius 2 is 1.94 bits per heavy atom. The minimum absolute atomic E-state index is 0.0663. The molecule has 0 fully saturated rings. The lowest BCUT2D eigenvalue weighted by molar-refractivity contribution is 0.512. The number of benzene rings is 1. The van der Waals surface area contributed by atoms with Gasteiger partial charge in [0.2, 0.25) is 0 Å². The first-order valence-electron chi connectivity index (χ1n) is 5.17. The van der Waals surface area contributed by atoms with E-state index in [4.69, 9.17) is 10.2 Å². The molecule has 0 unspecified atom stereocenters. The lowest BCUT2D eigenvalue weighted by atomic mass is 10.2. The topological polar surface area (TPSA) is 51.2 Å². The van der Waals surface area contributed by atoms with Crippen LogP contribution in [0.2, 0.25) is 0 Å². The molecule has 1 heterocycles. The van der Waals surface area contributed by atoms with Crippen LogP contribution in [-0.4, -0.2) is 6.54 Å². The lowest BCUT2D eigenvalue weighted by Crippen LogP contribution is -2.08. The van der Waals surface area contributed by atoms with Gasteiger partial charge >= 0.3 is 0 Å². The van der Waals surface area contributed by atoms with Gasteiger partial charge in [-0.25, -0.2) is 8.78 Å². The van der Waals surface area contributed by atoms with Crippen molar-refractivity contribution in [1.29, 1.82) is 0 Å². The van der Waals surface area contributed by atoms with Crippen LogP contribution < -0.4 is 11.1 Å². The number of rotatable bonds is 4. The summed E-state index contributed by atoms with van der Waals surface area (Å²) in [5.74, 6) is -0.627. The normalized spacial score (nSPS) is 10.5. The molecule has 1 aromatic heterocycles. The van der Waals surface area contributed by atoms with Crippen LogP contribution in [0, 0.1) is 11.6 Å². The molecule has 1 aromatic carbocycles. The van der Waals surface area contributed by atoms with Crippen molar-refractivity contribution in [1.82, 2.24) is 0 Å². The van der Waals surface area contributed by atoms with Gasteiger partial charge in [-0.3, -0.25) is 0 Å². The summed E-state index contributed by atoms with van der Waals surface area (Å²) in [5.41, 5.74) is 5.22. The Bertz CT molecular complexity index is 474. The van der Waals surface area contributed by atoms with Gasteiger partial charge in [0.1, 0.15) is 11.4 Å². The van der Waals surface area contributed by atoms with E-state index in [-0.39, 0.29) is 11.4 Å². The molecule has 2 aromatic rings. The standard InChI is InChI=1S/C12H12F2N2O/c13-10-6-8(15)7-11(14)12(10)16-4-3-9-2-1-5-17-9/h1-2,5-7,16H,3-4,15H2. The summed E-state index contributed by atoms with van der Waals surface area (Å²) < 4.78 is 31.8. The Kier molecular flexibility index (Phi) is 3.27. The molecule has 0 bridgehead atoms. The average Bonchev–Trinajstić information content (AvgIpc) is 2.74. The third-order valence-electron chi connectivity index (χ3n) is 2.32. The molecule has 17 heavy (non-hydrogen) atoms. The second-order valence-corrected chi connectivity index (χ2v) is 3.62. The van der Waals surface area contributed by atoms with Crippen LogP contribution in [-0.2, 0) is 6.42 Å². The predicted octanol–water partition coefficient (Wildman–Crippen LogP) is 2.79. The van der Waals surface area contributed by atoms with Gasteiger partial charge < -0.3 is 15.5 Å². The zero-order valence-electron chi connectivity index (χ0n) is 9.04. The second kappa shape index (κ2) is 4.86. The van der Waals surface area contributed by atoms with Crippen LogP contribution in [0.25, 0.3) is 0 Å². The zero-order chi connectivity index (χ0) is 12.3. The summed E-state index contributed by atoms with van der Waals surface area (Å²) in [6, 6.07) is 5.73. The van der Waals surface area contributed by atoms with E-state index in [1.165, 1.54) is 0 Å². The summed E-state index contributed by atoms with van der Waals surface area (Å²) in [5, 5.41) is 2.68. The number of hydrogen-bond acceptors (Lipinski definition) is 3. The van der Waals surface area contributed by atoms with Crippen LogP contribution in [0.5, 0.6) is 0 Å². The number of nitrogens with one attached hydrogen (secondary N) is 1. The average molecular weight is 238 g/mol. The smallest absolute Gasteiger partial charge is 0.151 e. The zero-order valence-corrected chi connectivity index (χ0v) is 9.04. The van der Waals surface area contributed by atoms with Crippen LogP contribution in [0.3, 0.4) is 0 Å². The van der Waals surface area contributed by atoms with E-state index in [2.05, 4.69) is 5.32 Å². The first-order valence-corrected chi connectivity index (χ1v) is 5.17. The largest absolute Gasteiger partial charge is 0.469 e. The number of nitrogen functional groups attached to an aromatic ring is 1. The Morgan fingerprint density at radius 3 is 2.53 bits per heavy atom. The van der Waals surface area contributed by atoms with Gasteiger partial charge in [-0.05, 0) is 24.3 Å². The van der Waals surface area contributed by atoms with Gasteiger partial charge in [0.05, 0.1) is 6.26 Å². The minimum atomic E-state index is -0.693. The minimum Gasteiger partial charge on any atom is -0.469 e. The number of furan rings is 1. The van der Waals surface area contributed by atoms with E-state index in [1.54, 1.807) is 18.4 Å². The second-order valence-electron chi connectivity index (χ2n) is 3.62. The Hall–Kier alpha value is -2.04. The van der Waals surface area contributed by atoms with E-state index in [0.717, 1.165) is 17.9 Å². The number of anilines is 2. The lowest BCUT2D eigenvalue weighted by Gasteiger charge is -2.08. The van der Waals surface area contributed by atoms with Crippen molar-refractivity contribution in [2.45, 2.75) is 6.42 Å². The molecule has 0 aliphatic rings. The van der Waals surface area contributed by atoms with E-state index in [1.807, 2.05) is 0 Å². The first kappa shape index (κ1) is 11.4. The third-order valence-corrected chi connectivity index (χ3v) is 2.32. The Labute approximate surface area is 97.2 Å². The van der Waals surface area contributed by atoms with Gasteiger partial charge in [0.15, 0.2) is 11.6 Å². The van der Waals surface area contributed by atoms with Crippen LogP contribution in [0.4, 0.5) is 20.2 Å². The van der Waals surface area contributed by atoms with Crippen LogP contribution in [0.1, 0.15) is 5.76 Å². The molecule has 0 spiro atoms. The maximum atomic E-state index is 13.4. The number of hydrogen-bond donors (Lipinski definition) is 2. The third kappa shape index (κ3) is 2.75. The Balaban J connectivity index is 1.99. The predicted molar refractivity (Wildman–Crippen MR) is 61.7 cm³/mol. The fourth-order valence-corrected chi connectivity index (χ4v) is 1.53. The molecule has 3 N–H and O–H groups in total. The van der Waals surface area contributed by atoms with Crippen molar-refractivity contribution >= 4 is 11.4 Å². The summed E-state index contributed by atoms with van der Waals surface area (Å²) in [6.45, 7) is 0.380. The highest BCUT2D eigenvalue weighted by Crippen LogP contribution is 2.21. The quantitative estimate of drug-likeness (QED) is 0.805. The summed E-state index contributed by atoms with van der Waals surface area (Å²) in [7, 11) is 0. The van der Waals surface area contributed by atoms with E-state index in [0.29, 0.717) is 13.0 Å². The number of nitrogens with two attached hydrogens (primary N) is 1. The summed E-state index contributed by atoms with van der Waals surface area (Å²) in [4.78, 5) is 0. The first-order chi connectivity index (χ1) is 8.16. The van der Waals surface area contributed by atoms with Crippen molar-refractivity contribution in [3.63, 3.8) is 0 Å². The van der Waals surface area contributed by atoms with E-state index >= 15 is 0 Å². The van der Waals surface area contributed by atoms with Crippen molar-refractivity contribution in [3.8, 4) is 0 Å². The van der Waals surface area contributed by atoms with Gasteiger partial charge in [-0.1, -0.05) is 0 Å². The summed E-state index contributed by atoms with van der Waals surface area (Å²) >= 11 is 0. The number of halogens is 2. The molecule has 0 atom stereocenters. The molecule has 0 amide bonds. The van der Waals surface area contributed by atoms with Crippen LogP contribution in [0.15, 0.2) is 34.9 Å². The highest BCUT2D eigenvalue weighted by Gasteiger charge is 2.09. The van der Waals surface area contributed by atoms with E-state index < -0.39 is 11.6 Å². The monoisotopic (exact) mass is 238 g/mol. The molecular weight excluding hydrogens is 226 g/mol. The highest BCUT2D eigenvalue weighted by molar-refractivity contribution is 5.54. The van der Waals surface area contributed by atoms with Gasteiger partial charge in [-0.2, -0.15) is 0 Å².